The Morgan fingerprint density at radius 3 is 2.50 bits per heavy atom. The minimum atomic E-state index is -2.55. The fourth-order valence-corrected chi connectivity index (χ4v) is 2.29. The Morgan fingerprint density at radius 1 is 1.45 bits per heavy atom. The zero-order valence-electron chi connectivity index (χ0n) is 12.2. The molecule has 10 nitrogen and oxygen atoms in total. The van der Waals surface area contributed by atoms with E-state index in [1.165, 1.54) is 0 Å². The summed E-state index contributed by atoms with van der Waals surface area (Å²) < 4.78 is 9.45. The van der Waals surface area contributed by atoms with Gasteiger partial charge in [0.2, 0.25) is 5.91 Å². The highest BCUT2D eigenvalue weighted by Crippen LogP contribution is 2.31. The fourth-order valence-electron chi connectivity index (χ4n) is 2.29. The lowest BCUT2D eigenvalue weighted by molar-refractivity contribution is -0.296. The van der Waals surface area contributed by atoms with E-state index in [9.17, 15) is 30.0 Å². The van der Waals surface area contributed by atoms with E-state index in [0.29, 0.717) is 0 Å². The number of aliphatic hydroxyl groups is 5. The van der Waals surface area contributed by atoms with Gasteiger partial charge in [0.15, 0.2) is 0 Å². The van der Waals surface area contributed by atoms with Crippen molar-refractivity contribution in [1.29, 1.82) is 0 Å². The standard InChI is InChI=1S/C12H21NO9/c1-5(15)13-8-6(16)3-12(20,11(19)21-2)22-10(8)9(18)7(17)4-14/h6-10,14,16-18,20H,3-4H2,1-2H3,(H,13,15)/t6-,7+,8+,9-,10+,12-/m0/s1. The highest BCUT2D eigenvalue weighted by Gasteiger charge is 2.54. The predicted octanol–water partition coefficient (Wildman–Crippen LogP) is -3.78. The maximum Gasteiger partial charge on any atom is 0.366 e. The zero-order chi connectivity index (χ0) is 17.1. The molecule has 0 unspecified atom stereocenters. The number of methoxy groups -OCH3 is 1. The van der Waals surface area contributed by atoms with Crippen LogP contribution in [-0.4, -0.2) is 87.4 Å². The van der Waals surface area contributed by atoms with Crippen LogP contribution < -0.4 is 5.32 Å². The molecule has 22 heavy (non-hydrogen) atoms. The SMILES string of the molecule is COC(=O)[C@]1(O)C[C@H](O)[C@@H](NC(C)=O)[C@H]([C@@H](O)[C@H](O)CO)O1. The molecule has 6 atom stereocenters. The largest absolute Gasteiger partial charge is 0.465 e. The first kappa shape index (κ1) is 18.7. The van der Waals surface area contributed by atoms with Crippen molar-refractivity contribution in [3.8, 4) is 0 Å². The van der Waals surface area contributed by atoms with E-state index in [-0.39, 0.29) is 0 Å². The molecule has 1 aliphatic rings. The summed E-state index contributed by atoms with van der Waals surface area (Å²) in [7, 11) is 0.990. The molecule has 0 saturated carbocycles. The van der Waals surface area contributed by atoms with Crippen LogP contribution in [0.3, 0.4) is 0 Å². The minimum absolute atomic E-state index is 0.563. The Morgan fingerprint density at radius 2 is 2.05 bits per heavy atom. The molecule has 0 aromatic carbocycles. The van der Waals surface area contributed by atoms with Gasteiger partial charge in [-0.05, 0) is 0 Å². The van der Waals surface area contributed by atoms with Gasteiger partial charge in [0.1, 0.15) is 18.3 Å². The quantitative estimate of drug-likeness (QED) is 0.278. The molecule has 128 valence electrons. The first-order valence-electron chi connectivity index (χ1n) is 6.57. The van der Waals surface area contributed by atoms with Gasteiger partial charge in [-0.3, -0.25) is 4.79 Å². The van der Waals surface area contributed by atoms with Gasteiger partial charge < -0.3 is 40.3 Å². The molecular weight excluding hydrogens is 302 g/mol. The van der Waals surface area contributed by atoms with Crippen LogP contribution in [0.2, 0.25) is 0 Å². The number of hydrogen-bond acceptors (Lipinski definition) is 9. The number of aliphatic hydroxyl groups excluding tert-OH is 4. The number of hydrogen-bond donors (Lipinski definition) is 6. The van der Waals surface area contributed by atoms with E-state index in [1.807, 2.05) is 0 Å². The van der Waals surface area contributed by atoms with Gasteiger partial charge in [0.25, 0.3) is 5.79 Å². The Kier molecular flexibility index (Phi) is 6.23. The molecule has 0 radical (unpaired) electrons. The first-order valence-corrected chi connectivity index (χ1v) is 6.57. The molecule has 6 N–H and O–H groups in total. The summed E-state index contributed by atoms with van der Waals surface area (Å²) in [6.07, 6.45) is -7.09. The van der Waals surface area contributed by atoms with Crippen molar-refractivity contribution in [2.45, 2.75) is 49.6 Å². The normalized spacial score (nSPS) is 34.6. The van der Waals surface area contributed by atoms with Gasteiger partial charge in [-0.25, -0.2) is 4.79 Å². The average Bonchev–Trinajstić information content (AvgIpc) is 2.46. The molecule has 0 aromatic rings. The van der Waals surface area contributed by atoms with Crippen molar-refractivity contribution in [1.82, 2.24) is 5.32 Å². The molecule has 0 aromatic heterocycles. The molecule has 1 heterocycles. The molecule has 1 amide bonds. The summed E-state index contributed by atoms with van der Waals surface area (Å²) in [4.78, 5) is 22.8. The summed E-state index contributed by atoms with van der Waals surface area (Å²) in [5.74, 6) is -4.32. The second-order valence-corrected chi connectivity index (χ2v) is 5.10. The van der Waals surface area contributed by atoms with E-state index in [1.54, 1.807) is 0 Å². The highest BCUT2D eigenvalue weighted by molar-refractivity contribution is 5.78. The predicted molar refractivity (Wildman–Crippen MR) is 69.2 cm³/mol. The molecule has 0 spiro atoms. The molecule has 1 saturated heterocycles. The number of esters is 1. The number of rotatable bonds is 5. The molecule has 1 aliphatic heterocycles. The number of carbonyl (C=O) groups is 2. The lowest BCUT2D eigenvalue weighted by atomic mass is 9.88. The molecule has 0 aliphatic carbocycles. The third-order valence-electron chi connectivity index (χ3n) is 3.38. The number of amides is 1. The van der Waals surface area contributed by atoms with Crippen LogP contribution in [0.5, 0.6) is 0 Å². The monoisotopic (exact) mass is 323 g/mol. The first-order chi connectivity index (χ1) is 10.2. The molecule has 0 bridgehead atoms. The van der Waals surface area contributed by atoms with Crippen molar-refractivity contribution in [3.63, 3.8) is 0 Å². The Hall–Kier alpha value is -1.30. The fraction of sp³-hybridized carbons (Fsp3) is 0.833. The van der Waals surface area contributed by atoms with Crippen molar-refractivity contribution in [2.75, 3.05) is 13.7 Å². The van der Waals surface area contributed by atoms with Gasteiger partial charge in [0.05, 0.1) is 25.9 Å². The summed E-state index contributed by atoms with van der Waals surface area (Å²) >= 11 is 0. The van der Waals surface area contributed by atoms with Crippen molar-refractivity contribution < 1.29 is 44.6 Å². The van der Waals surface area contributed by atoms with Crippen LogP contribution in [0.1, 0.15) is 13.3 Å². The molecule has 10 heteroatoms. The van der Waals surface area contributed by atoms with Crippen LogP contribution in [-0.2, 0) is 19.1 Å². The minimum Gasteiger partial charge on any atom is -0.465 e. The van der Waals surface area contributed by atoms with Crippen LogP contribution in [0.25, 0.3) is 0 Å². The second-order valence-electron chi connectivity index (χ2n) is 5.10. The third-order valence-corrected chi connectivity index (χ3v) is 3.38. The lowest BCUT2D eigenvalue weighted by Crippen LogP contribution is -2.67. The van der Waals surface area contributed by atoms with Crippen molar-refractivity contribution >= 4 is 11.9 Å². The lowest BCUT2D eigenvalue weighted by Gasteiger charge is -2.45. The van der Waals surface area contributed by atoms with Crippen LogP contribution in [0, 0.1) is 0 Å². The summed E-state index contributed by atoms with van der Waals surface area (Å²) in [6, 6.07) is -1.21. The van der Waals surface area contributed by atoms with E-state index in [0.717, 1.165) is 14.0 Å². The van der Waals surface area contributed by atoms with E-state index >= 15 is 0 Å². The maximum atomic E-state index is 11.6. The van der Waals surface area contributed by atoms with Crippen LogP contribution in [0.15, 0.2) is 0 Å². The van der Waals surface area contributed by atoms with Gasteiger partial charge in [-0.1, -0.05) is 0 Å². The Bertz CT molecular complexity index is 417. The summed E-state index contributed by atoms with van der Waals surface area (Å²) in [6.45, 7) is 0.320. The van der Waals surface area contributed by atoms with Crippen molar-refractivity contribution in [2.24, 2.45) is 0 Å². The van der Waals surface area contributed by atoms with Crippen LogP contribution >= 0.6 is 0 Å². The third kappa shape index (κ3) is 3.91. The van der Waals surface area contributed by atoms with Gasteiger partial charge >= 0.3 is 5.97 Å². The van der Waals surface area contributed by atoms with Gasteiger partial charge in [-0.15, -0.1) is 0 Å². The molecule has 1 fully saturated rings. The zero-order valence-corrected chi connectivity index (χ0v) is 12.2. The van der Waals surface area contributed by atoms with Gasteiger partial charge in [-0.2, -0.15) is 0 Å². The van der Waals surface area contributed by atoms with Crippen LogP contribution in [0.4, 0.5) is 0 Å². The van der Waals surface area contributed by atoms with E-state index in [4.69, 9.17) is 9.84 Å². The second kappa shape index (κ2) is 7.31. The topological polar surface area (TPSA) is 166 Å². The molecular formula is C12H21NO9. The van der Waals surface area contributed by atoms with E-state index in [2.05, 4.69) is 10.1 Å². The average molecular weight is 323 g/mol. The van der Waals surface area contributed by atoms with E-state index < -0.39 is 61.1 Å². The smallest absolute Gasteiger partial charge is 0.366 e. The van der Waals surface area contributed by atoms with Crippen molar-refractivity contribution in [3.05, 3.63) is 0 Å². The Labute approximate surface area is 126 Å². The number of carbonyl (C=O) groups excluding carboxylic acids is 2. The molecule has 1 rings (SSSR count). The summed E-state index contributed by atoms with van der Waals surface area (Å²) in [5.41, 5.74) is 0. The summed E-state index contributed by atoms with van der Waals surface area (Å²) in [5, 5.41) is 50.8. The Balaban J connectivity index is 3.09. The highest BCUT2D eigenvalue weighted by atomic mass is 16.7. The number of nitrogens with one attached hydrogen (secondary N) is 1. The number of ether oxygens (including phenoxy) is 2. The van der Waals surface area contributed by atoms with Gasteiger partial charge in [0, 0.05) is 13.3 Å². The maximum absolute atomic E-state index is 11.6.